The SMILES string of the molecule is CCNC(=O)[C@H](C)N(Cc1c(Cl)cccc1Cl)C(=O)Cc1ccccc1C. The number of hydrogen-bond acceptors (Lipinski definition) is 2. The number of halogens is 2. The summed E-state index contributed by atoms with van der Waals surface area (Å²) in [5, 5.41) is 3.72. The Labute approximate surface area is 170 Å². The van der Waals surface area contributed by atoms with Gasteiger partial charge in [0.25, 0.3) is 0 Å². The molecule has 0 unspecified atom stereocenters. The van der Waals surface area contributed by atoms with Crippen molar-refractivity contribution in [3.05, 3.63) is 69.2 Å². The van der Waals surface area contributed by atoms with Gasteiger partial charge >= 0.3 is 0 Å². The maximum absolute atomic E-state index is 13.1. The van der Waals surface area contributed by atoms with Crippen molar-refractivity contribution in [3.63, 3.8) is 0 Å². The molecule has 0 fully saturated rings. The van der Waals surface area contributed by atoms with Crippen molar-refractivity contribution in [3.8, 4) is 0 Å². The monoisotopic (exact) mass is 406 g/mol. The van der Waals surface area contributed by atoms with Gasteiger partial charge in [-0.3, -0.25) is 9.59 Å². The molecule has 1 N–H and O–H groups in total. The van der Waals surface area contributed by atoms with Gasteiger partial charge in [0.05, 0.1) is 6.42 Å². The smallest absolute Gasteiger partial charge is 0.242 e. The van der Waals surface area contributed by atoms with Crippen LogP contribution in [0.4, 0.5) is 0 Å². The molecule has 0 radical (unpaired) electrons. The zero-order chi connectivity index (χ0) is 20.0. The number of rotatable bonds is 7. The third-order valence-corrected chi connectivity index (χ3v) is 5.22. The normalized spacial score (nSPS) is 11.7. The van der Waals surface area contributed by atoms with Crippen LogP contribution in [-0.4, -0.2) is 29.3 Å². The minimum absolute atomic E-state index is 0.154. The lowest BCUT2D eigenvalue weighted by Gasteiger charge is -2.29. The summed E-state index contributed by atoms with van der Waals surface area (Å²) in [4.78, 5) is 27.0. The number of benzene rings is 2. The molecule has 0 aliphatic rings. The highest BCUT2D eigenvalue weighted by Gasteiger charge is 2.27. The molecule has 2 aromatic carbocycles. The molecule has 27 heavy (non-hydrogen) atoms. The van der Waals surface area contributed by atoms with Gasteiger partial charge in [-0.2, -0.15) is 0 Å². The van der Waals surface area contributed by atoms with Crippen LogP contribution in [0.3, 0.4) is 0 Å². The molecule has 0 saturated heterocycles. The Morgan fingerprint density at radius 2 is 1.70 bits per heavy atom. The fraction of sp³-hybridized carbons (Fsp3) is 0.333. The van der Waals surface area contributed by atoms with Crippen molar-refractivity contribution >= 4 is 35.0 Å². The first-order chi connectivity index (χ1) is 12.8. The fourth-order valence-corrected chi connectivity index (χ4v) is 3.35. The van der Waals surface area contributed by atoms with Gasteiger partial charge in [0.1, 0.15) is 6.04 Å². The maximum Gasteiger partial charge on any atom is 0.242 e. The second kappa shape index (κ2) is 9.77. The summed E-state index contributed by atoms with van der Waals surface area (Å²) in [7, 11) is 0. The molecule has 4 nitrogen and oxygen atoms in total. The molecule has 0 heterocycles. The van der Waals surface area contributed by atoms with Crippen molar-refractivity contribution < 1.29 is 9.59 Å². The molecule has 2 amide bonds. The van der Waals surface area contributed by atoms with E-state index < -0.39 is 6.04 Å². The predicted molar refractivity (Wildman–Crippen MR) is 110 cm³/mol. The molecular formula is C21H24Cl2N2O2. The summed E-state index contributed by atoms with van der Waals surface area (Å²) in [5.41, 5.74) is 2.60. The van der Waals surface area contributed by atoms with Gasteiger partial charge in [-0.15, -0.1) is 0 Å². The molecular weight excluding hydrogens is 383 g/mol. The maximum atomic E-state index is 13.1. The second-order valence-electron chi connectivity index (χ2n) is 6.40. The van der Waals surface area contributed by atoms with E-state index in [1.165, 1.54) is 4.90 Å². The first kappa shape index (κ1) is 21.3. The number of likely N-dealkylation sites (N-methyl/N-ethyl adjacent to an activating group) is 1. The van der Waals surface area contributed by atoms with Crippen LogP contribution in [0.5, 0.6) is 0 Å². The van der Waals surface area contributed by atoms with E-state index >= 15 is 0 Å². The summed E-state index contributed by atoms with van der Waals surface area (Å²) in [5.74, 6) is -0.363. The number of aryl methyl sites for hydroxylation is 1. The minimum Gasteiger partial charge on any atom is -0.355 e. The summed E-state index contributed by atoms with van der Waals surface area (Å²) in [6.45, 7) is 6.18. The van der Waals surface area contributed by atoms with Crippen LogP contribution in [-0.2, 0) is 22.6 Å². The molecule has 1 atom stereocenters. The minimum atomic E-state index is -0.645. The lowest BCUT2D eigenvalue weighted by Crippen LogP contribution is -2.48. The van der Waals surface area contributed by atoms with Crippen LogP contribution >= 0.6 is 23.2 Å². The average Bonchev–Trinajstić information content (AvgIpc) is 2.63. The third kappa shape index (κ3) is 5.47. The van der Waals surface area contributed by atoms with E-state index in [2.05, 4.69) is 5.32 Å². The molecule has 2 aromatic rings. The van der Waals surface area contributed by atoms with E-state index in [-0.39, 0.29) is 24.8 Å². The Kier molecular flexibility index (Phi) is 7.69. The van der Waals surface area contributed by atoms with E-state index in [0.29, 0.717) is 22.2 Å². The molecule has 0 aliphatic carbocycles. The Morgan fingerprint density at radius 3 is 2.30 bits per heavy atom. The molecule has 6 heteroatoms. The number of carbonyl (C=O) groups is 2. The molecule has 144 valence electrons. The van der Waals surface area contributed by atoms with E-state index in [1.807, 2.05) is 38.1 Å². The van der Waals surface area contributed by atoms with Crippen LogP contribution < -0.4 is 5.32 Å². The first-order valence-electron chi connectivity index (χ1n) is 8.89. The number of carbonyl (C=O) groups excluding carboxylic acids is 2. The van der Waals surface area contributed by atoms with Crippen LogP contribution in [0.15, 0.2) is 42.5 Å². The number of nitrogens with one attached hydrogen (secondary N) is 1. The lowest BCUT2D eigenvalue weighted by molar-refractivity contribution is -0.140. The van der Waals surface area contributed by atoms with Gasteiger partial charge in [0.15, 0.2) is 0 Å². The summed E-state index contributed by atoms with van der Waals surface area (Å²) < 4.78 is 0. The molecule has 0 bridgehead atoms. The van der Waals surface area contributed by atoms with Gasteiger partial charge in [-0.1, -0.05) is 53.5 Å². The number of amides is 2. The molecule has 0 aromatic heterocycles. The Balaban J connectivity index is 2.32. The van der Waals surface area contributed by atoms with E-state index in [4.69, 9.17) is 23.2 Å². The standard InChI is InChI=1S/C21H24Cl2N2O2/c1-4-24-21(27)15(3)25(13-17-18(22)10-7-11-19(17)23)20(26)12-16-9-6-5-8-14(16)2/h5-11,15H,4,12-13H2,1-3H3,(H,24,27)/t15-/m0/s1. The second-order valence-corrected chi connectivity index (χ2v) is 7.21. The number of nitrogens with zero attached hydrogens (tertiary/aromatic N) is 1. The highest BCUT2D eigenvalue weighted by Crippen LogP contribution is 2.27. The van der Waals surface area contributed by atoms with E-state index in [9.17, 15) is 9.59 Å². The van der Waals surface area contributed by atoms with Crippen LogP contribution in [0, 0.1) is 6.92 Å². The fourth-order valence-electron chi connectivity index (χ4n) is 2.83. The molecule has 0 saturated carbocycles. The average molecular weight is 407 g/mol. The molecule has 2 rings (SSSR count). The van der Waals surface area contributed by atoms with Crippen molar-refractivity contribution in [1.29, 1.82) is 0 Å². The summed E-state index contributed by atoms with van der Waals surface area (Å²) in [6, 6.07) is 12.3. The van der Waals surface area contributed by atoms with Crippen LogP contribution in [0.1, 0.15) is 30.5 Å². The van der Waals surface area contributed by atoms with Gasteiger partial charge < -0.3 is 10.2 Å². The van der Waals surface area contributed by atoms with Crippen molar-refractivity contribution in [2.24, 2.45) is 0 Å². The topological polar surface area (TPSA) is 49.4 Å². The number of hydrogen-bond donors (Lipinski definition) is 1. The lowest BCUT2D eigenvalue weighted by atomic mass is 10.0. The Bertz CT molecular complexity index is 803. The quantitative estimate of drug-likeness (QED) is 0.740. The van der Waals surface area contributed by atoms with E-state index in [0.717, 1.165) is 11.1 Å². The largest absolute Gasteiger partial charge is 0.355 e. The van der Waals surface area contributed by atoms with Gasteiger partial charge in [0, 0.05) is 28.7 Å². The van der Waals surface area contributed by atoms with E-state index in [1.54, 1.807) is 25.1 Å². The van der Waals surface area contributed by atoms with Gasteiger partial charge in [0.2, 0.25) is 11.8 Å². The molecule has 0 aliphatic heterocycles. The van der Waals surface area contributed by atoms with Crippen molar-refractivity contribution in [2.45, 2.75) is 39.8 Å². The summed E-state index contributed by atoms with van der Waals surface area (Å²) >= 11 is 12.6. The highest BCUT2D eigenvalue weighted by molar-refractivity contribution is 6.36. The van der Waals surface area contributed by atoms with Crippen molar-refractivity contribution in [2.75, 3.05) is 6.54 Å². The van der Waals surface area contributed by atoms with Crippen LogP contribution in [0.25, 0.3) is 0 Å². The molecule has 0 spiro atoms. The Hall–Kier alpha value is -2.04. The first-order valence-corrected chi connectivity index (χ1v) is 9.65. The highest BCUT2D eigenvalue weighted by atomic mass is 35.5. The zero-order valence-corrected chi connectivity index (χ0v) is 17.3. The third-order valence-electron chi connectivity index (χ3n) is 4.51. The van der Waals surface area contributed by atoms with Gasteiger partial charge in [-0.05, 0) is 44.0 Å². The van der Waals surface area contributed by atoms with Gasteiger partial charge in [-0.25, -0.2) is 0 Å². The summed E-state index contributed by atoms with van der Waals surface area (Å²) in [6.07, 6.45) is 0.207. The zero-order valence-electron chi connectivity index (χ0n) is 15.8. The van der Waals surface area contributed by atoms with Crippen molar-refractivity contribution in [1.82, 2.24) is 10.2 Å². The Morgan fingerprint density at radius 1 is 1.07 bits per heavy atom. The predicted octanol–water partition coefficient (Wildman–Crippen LogP) is 4.40. The van der Waals surface area contributed by atoms with Crippen LogP contribution in [0.2, 0.25) is 10.0 Å².